The Bertz CT molecular complexity index is 898. The SMILES string of the molecule is OC[C@H]1O[C@@H](n2cnc3c(NCc4ccco4)ncnc32)[C@H](O)[C@@H](O)[C@@H]1O. The molecule has 1 fully saturated rings. The van der Waals surface area contributed by atoms with Gasteiger partial charge in [-0.15, -0.1) is 0 Å². The van der Waals surface area contributed by atoms with E-state index in [1.165, 1.54) is 17.2 Å². The minimum absolute atomic E-state index is 0.358. The summed E-state index contributed by atoms with van der Waals surface area (Å²) in [6, 6.07) is 3.60. The average Bonchev–Trinajstić information content (AvgIpc) is 3.35. The van der Waals surface area contributed by atoms with Gasteiger partial charge in [-0.2, -0.15) is 0 Å². The van der Waals surface area contributed by atoms with Gasteiger partial charge in [0, 0.05) is 0 Å². The Labute approximate surface area is 152 Å². The van der Waals surface area contributed by atoms with Gasteiger partial charge in [0.2, 0.25) is 0 Å². The van der Waals surface area contributed by atoms with Gasteiger partial charge in [0.25, 0.3) is 0 Å². The third-order valence-electron chi connectivity index (χ3n) is 4.51. The molecule has 0 unspecified atom stereocenters. The molecule has 1 aliphatic heterocycles. The van der Waals surface area contributed by atoms with Crippen LogP contribution in [-0.4, -0.2) is 71.0 Å². The molecule has 0 amide bonds. The number of hydrogen-bond acceptors (Lipinski definition) is 10. The number of aromatic nitrogens is 4. The van der Waals surface area contributed by atoms with Crippen molar-refractivity contribution >= 4 is 17.0 Å². The lowest BCUT2D eigenvalue weighted by molar-refractivity contribution is -0.250. The number of furan rings is 1. The Morgan fingerprint density at radius 3 is 2.70 bits per heavy atom. The van der Waals surface area contributed by atoms with E-state index in [1.54, 1.807) is 12.3 Å². The molecule has 0 spiro atoms. The summed E-state index contributed by atoms with van der Waals surface area (Å²) in [7, 11) is 0. The molecule has 5 atom stereocenters. The molecule has 11 nitrogen and oxygen atoms in total. The van der Waals surface area contributed by atoms with Crippen molar-refractivity contribution in [3.8, 4) is 0 Å². The van der Waals surface area contributed by atoms with E-state index < -0.39 is 37.3 Å². The number of aliphatic hydroxyl groups is 4. The van der Waals surface area contributed by atoms with Gasteiger partial charge in [-0.05, 0) is 12.1 Å². The van der Waals surface area contributed by atoms with Gasteiger partial charge in [-0.3, -0.25) is 4.57 Å². The summed E-state index contributed by atoms with van der Waals surface area (Å²) >= 11 is 0. The highest BCUT2D eigenvalue weighted by molar-refractivity contribution is 5.82. The van der Waals surface area contributed by atoms with Crippen molar-refractivity contribution in [1.82, 2.24) is 19.5 Å². The quantitative estimate of drug-likeness (QED) is 0.373. The van der Waals surface area contributed by atoms with E-state index in [0.29, 0.717) is 23.5 Å². The zero-order valence-corrected chi connectivity index (χ0v) is 14.1. The first-order valence-corrected chi connectivity index (χ1v) is 8.34. The fourth-order valence-electron chi connectivity index (χ4n) is 3.06. The molecular formula is C16H19N5O6. The highest BCUT2D eigenvalue weighted by atomic mass is 16.6. The van der Waals surface area contributed by atoms with Crippen LogP contribution in [0.4, 0.5) is 5.82 Å². The van der Waals surface area contributed by atoms with E-state index in [-0.39, 0.29) is 0 Å². The first-order chi connectivity index (χ1) is 13.1. The highest BCUT2D eigenvalue weighted by Crippen LogP contribution is 2.31. The van der Waals surface area contributed by atoms with Gasteiger partial charge < -0.3 is 34.9 Å². The molecule has 27 heavy (non-hydrogen) atoms. The minimum atomic E-state index is -1.49. The summed E-state index contributed by atoms with van der Waals surface area (Å²) in [5.41, 5.74) is 0.789. The van der Waals surface area contributed by atoms with Crippen LogP contribution in [0.5, 0.6) is 0 Å². The third-order valence-corrected chi connectivity index (χ3v) is 4.51. The maximum absolute atomic E-state index is 10.3. The smallest absolute Gasteiger partial charge is 0.167 e. The van der Waals surface area contributed by atoms with Crippen molar-refractivity contribution in [2.24, 2.45) is 0 Å². The molecule has 1 saturated heterocycles. The van der Waals surface area contributed by atoms with Crippen molar-refractivity contribution in [1.29, 1.82) is 0 Å². The average molecular weight is 377 g/mol. The molecule has 144 valence electrons. The van der Waals surface area contributed by atoms with Gasteiger partial charge in [0.15, 0.2) is 23.2 Å². The predicted octanol–water partition coefficient (Wildman–Crippen LogP) is -0.996. The number of ether oxygens (including phenoxy) is 1. The second-order valence-electron chi connectivity index (χ2n) is 6.20. The molecule has 3 aromatic rings. The highest BCUT2D eigenvalue weighted by Gasteiger charge is 2.44. The van der Waals surface area contributed by atoms with Crippen LogP contribution in [0.2, 0.25) is 0 Å². The Hall–Kier alpha value is -2.57. The standard InChI is InChI=1S/C16H19N5O6/c22-5-9-11(23)12(24)13(25)16(27-9)21-7-20-10-14(18-6-19-15(10)21)17-4-8-2-1-3-26-8/h1-3,6-7,9,11-13,16,22-25H,4-5H2,(H,17,18,19)/t9-,11-,12+,13-,16-/m1/s1. The van der Waals surface area contributed by atoms with E-state index in [1.807, 2.05) is 6.07 Å². The fourth-order valence-corrected chi connectivity index (χ4v) is 3.06. The first kappa shape index (κ1) is 17.8. The van der Waals surface area contributed by atoms with E-state index in [4.69, 9.17) is 9.15 Å². The molecular weight excluding hydrogens is 358 g/mol. The summed E-state index contributed by atoms with van der Waals surface area (Å²) in [4.78, 5) is 12.6. The lowest BCUT2D eigenvalue weighted by Crippen LogP contribution is -2.56. The van der Waals surface area contributed by atoms with Crippen LogP contribution >= 0.6 is 0 Å². The number of nitrogens with one attached hydrogen (secondary N) is 1. The van der Waals surface area contributed by atoms with Crippen LogP contribution in [0.15, 0.2) is 35.5 Å². The number of hydrogen-bond donors (Lipinski definition) is 5. The van der Waals surface area contributed by atoms with Crippen LogP contribution in [0.25, 0.3) is 11.2 Å². The molecule has 11 heteroatoms. The summed E-state index contributed by atoms with van der Waals surface area (Å²) in [5.74, 6) is 1.18. The van der Waals surface area contributed by atoms with Crippen molar-refractivity contribution in [3.63, 3.8) is 0 Å². The summed E-state index contributed by atoms with van der Waals surface area (Å²) < 4.78 is 12.3. The van der Waals surface area contributed by atoms with Crippen LogP contribution in [0.1, 0.15) is 12.0 Å². The van der Waals surface area contributed by atoms with E-state index in [2.05, 4.69) is 20.3 Å². The van der Waals surface area contributed by atoms with Crippen molar-refractivity contribution in [2.75, 3.05) is 11.9 Å². The molecule has 0 aliphatic carbocycles. The van der Waals surface area contributed by atoms with Gasteiger partial charge >= 0.3 is 0 Å². The second-order valence-corrected chi connectivity index (χ2v) is 6.20. The van der Waals surface area contributed by atoms with Crippen LogP contribution in [0.3, 0.4) is 0 Å². The number of anilines is 1. The number of fused-ring (bicyclic) bond motifs is 1. The Morgan fingerprint density at radius 2 is 1.96 bits per heavy atom. The lowest BCUT2D eigenvalue weighted by Gasteiger charge is -2.40. The summed E-state index contributed by atoms with van der Waals surface area (Å²) in [5, 5.41) is 42.7. The normalized spacial score (nSPS) is 28.5. The van der Waals surface area contributed by atoms with Gasteiger partial charge in [0.1, 0.15) is 36.5 Å². The lowest BCUT2D eigenvalue weighted by atomic mass is 9.98. The van der Waals surface area contributed by atoms with E-state index in [0.717, 1.165) is 5.76 Å². The molecule has 3 aromatic heterocycles. The Kier molecular flexibility index (Phi) is 4.76. The first-order valence-electron chi connectivity index (χ1n) is 8.34. The van der Waals surface area contributed by atoms with Crippen LogP contribution in [-0.2, 0) is 11.3 Å². The van der Waals surface area contributed by atoms with Crippen LogP contribution in [0, 0.1) is 0 Å². The maximum Gasteiger partial charge on any atom is 0.167 e. The summed E-state index contributed by atoms with van der Waals surface area (Å²) in [6.07, 6.45) is -2.18. The monoisotopic (exact) mass is 377 g/mol. The number of nitrogens with zero attached hydrogens (tertiary/aromatic N) is 4. The zero-order chi connectivity index (χ0) is 19.0. The number of rotatable bonds is 5. The molecule has 0 saturated carbocycles. The zero-order valence-electron chi connectivity index (χ0n) is 14.1. The van der Waals surface area contributed by atoms with Gasteiger partial charge in [0.05, 0.1) is 25.7 Å². The molecule has 1 aliphatic rings. The summed E-state index contributed by atoms with van der Waals surface area (Å²) in [6.45, 7) is -0.120. The molecule has 4 heterocycles. The largest absolute Gasteiger partial charge is 0.467 e. The van der Waals surface area contributed by atoms with Crippen LogP contribution < -0.4 is 5.32 Å². The second kappa shape index (κ2) is 7.21. The van der Waals surface area contributed by atoms with Crippen molar-refractivity contribution in [2.45, 2.75) is 37.2 Å². The Balaban J connectivity index is 1.64. The topological polar surface area (TPSA) is 159 Å². The van der Waals surface area contributed by atoms with Gasteiger partial charge in [-0.1, -0.05) is 0 Å². The van der Waals surface area contributed by atoms with Crippen molar-refractivity contribution in [3.05, 3.63) is 36.8 Å². The third kappa shape index (κ3) is 3.15. The molecule has 4 rings (SSSR count). The maximum atomic E-state index is 10.3. The number of aliphatic hydroxyl groups excluding tert-OH is 4. The Morgan fingerprint density at radius 1 is 1.11 bits per heavy atom. The molecule has 0 radical (unpaired) electrons. The molecule has 0 aromatic carbocycles. The fraction of sp³-hybridized carbons (Fsp3) is 0.438. The molecule has 0 bridgehead atoms. The predicted molar refractivity (Wildman–Crippen MR) is 90.4 cm³/mol. The molecule has 5 N–H and O–H groups in total. The van der Waals surface area contributed by atoms with Gasteiger partial charge in [-0.25, -0.2) is 15.0 Å². The van der Waals surface area contributed by atoms with Crippen molar-refractivity contribution < 1.29 is 29.6 Å². The van der Waals surface area contributed by atoms with E-state index >= 15 is 0 Å². The number of imidazole rings is 1. The minimum Gasteiger partial charge on any atom is -0.467 e. The van der Waals surface area contributed by atoms with E-state index in [9.17, 15) is 20.4 Å².